The fraction of sp³-hybridized carbons (Fsp3) is 0.625. The summed E-state index contributed by atoms with van der Waals surface area (Å²) in [7, 11) is 3.18. The molecule has 3 unspecified atom stereocenters. The molecule has 22 heavy (non-hydrogen) atoms. The first-order valence-electron chi connectivity index (χ1n) is 7.51. The maximum Gasteiger partial charge on any atom is 0.179 e. The van der Waals surface area contributed by atoms with E-state index < -0.39 is 0 Å². The largest absolute Gasteiger partial charge is 0.493 e. The third-order valence-electron chi connectivity index (χ3n) is 3.95. The van der Waals surface area contributed by atoms with Crippen LogP contribution in [0.3, 0.4) is 0 Å². The minimum absolute atomic E-state index is 0.0751. The van der Waals surface area contributed by atoms with Gasteiger partial charge in [-0.15, -0.1) is 0 Å². The van der Waals surface area contributed by atoms with Crippen molar-refractivity contribution in [1.29, 1.82) is 0 Å². The maximum atomic E-state index is 6.32. The van der Waals surface area contributed by atoms with Gasteiger partial charge in [0, 0.05) is 25.7 Å². The lowest BCUT2D eigenvalue weighted by Crippen LogP contribution is -2.48. The fourth-order valence-electron chi connectivity index (χ4n) is 3.10. The van der Waals surface area contributed by atoms with Gasteiger partial charge in [-0.2, -0.15) is 0 Å². The van der Waals surface area contributed by atoms with Crippen molar-refractivity contribution in [1.82, 2.24) is 4.90 Å². The molecular formula is C16H25ClN2O3. The molecule has 2 N–H and O–H groups in total. The second-order valence-corrected chi connectivity index (χ2v) is 6.11. The van der Waals surface area contributed by atoms with Gasteiger partial charge in [0.1, 0.15) is 0 Å². The highest BCUT2D eigenvalue weighted by Crippen LogP contribution is 2.38. The predicted octanol–water partition coefficient (Wildman–Crippen LogP) is 2.47. The van der Waals surface area contributed by atoms with E-state index in [2.05, 4.69) is 18.7 Å². The molecule has 0 saturated carbocycles. The van der Waals surface area contributed by atoms with Crippen molar-refractivity contribution in [2.75, 3.05) is 33.9 Å². The van der Waals surface area contributed by atoms with Gasteiger partial charge >= 0.3 is 0 Å². The summed E-state index contributed by atoms with van der Waals surface area (Å²) >= 11 is 6.32. The second-order valence-electron chi connectivity index (χ2n) is 5.70. The van der Waals surface area contributed by atoms with Crippen LogP contribution in [-0.4, -0.2) is 51.0 Å². The van der Waals surface area contributed by atoms with Gasteiger partial charge in [0.05, 0.1) is 31.5 Å². The van der Waals surface area contributed by atoms with Crippen LogP contribution in [0, 0.1) is 0 Å². The molecule has 1 aromatic carbocycles. The molecule has 1 aliphatic rings. The standard InChI is InChI=1S/C16H25ClN2O3/c1-10-8-19(9-11(2)22-10)14(7-18)12-5-13(17)16(21-4)15(6-12)20-3/h5-6,10-11,14H,7-9,18H2,1-4H3. The highest BCUT2D eigenvalue weighted by Gasteiger charge is 2.29. The summed E-state index contributed by atoms with van der Waals surface area (Å²) in [6.07, 6.45) is 0.377. The first-order chi connectivity index (χ1) is 10.5. The van der Waals surface area contributed by atoms with Crippen LogP contribution in [0.25, 0.3) is 0 Å². The van der Waals surface area contributed by atoms with Crippen LogP contribution in [0.1, 0.15) is 25.5 Å². The Kier molecular flexibility index (Phi) is 5.92. The van der Waals surface area contributed by atoms with Gasteiger partial charge in [-0.25, -0.2) is 0 Å². The number of nitrogens with two attached hydrogens (primary N) is 1. The molecule has 0 aliphatic carbocycles. The van der Waals surface area contributed by atoms with Crippen LogP contribution in [0.15, 0.2) is 12.1 Å². The molecule has 2 rings (SSSR count). The summed E-state index contributed by atoms with van der Waals surface area (Å²) in [6.45, 7) is 6.36. The number of halogens is 1. The monoisotopic (exact) mass is 328 g/mol. The Morgan fingerprint density at radius 3 is 2.41 bits per heavy atom. The summed E-state index contributed by atoms with van der Waals surface area (Å²) < 4.78 is 16.5. The first kappa shape index (κ1) is 17.3. The zero-order valence-electron chi connectivity index (χ0n) is 13.6. The lowest BCUT2D eigenvalue weighted by Gasteiger charge is -2.40. The highest BCUT2D eigenvalue weighted by atomic mass is 35.5. The molecule has 0 spiro atoms. The number of benzene rings is 1. The Morgan fingerprint density at radius 1 is 1.27 bits per heavy atom. The molecule has 1 heterocycles. The molecule has 5 nitrogen and oxygen atoms in total. The minimum Gasteiger partial charge on any atom is -0.493 e. The van der Waals surface area contributed by atoms with E-state index in [9.17, 15) is 0 Å². The normalized spacial score (nSPS) is 24.1. The van der Waals surface area contributed by atoms with E-state index in [1.165, 1.54) is 0 Å². The molecule has 1 aromatic rings. The van der Waals surface area contributed by atoms with Gasteiger partial charge < -0.3 is 19.9 Å². The zero-order valence-corrected chi connectivity index (χ0v) is 14.4. The number of ether oxygens (including phenoxy) is 3. The van der Waals surface area contributed by atoms with Gasteiger partial charge in [-0.1, -0.05) is 11.6 Å². The molecule has 3 atom stereocenters. The molecule has 0 amide bonds. The number of methoxy groups -OCH3 is 2. The molecule has 1 aliphatic heterocycles. The van der Waals surface area contributed by atoms with Crippen LogP contribution >= 0.6 is 11.6 Å². The number of hydrogen-bond acceptors (Lipinski definition) is 5. The van der Waals surface area contributed by atoms with Crippen molar-refractivity contribution in [3.05, 3.63) is 22.7 Å². The number of nitrogens with zero attached hydrogens (tertiary/aromatic N) is 1. The fourth-order valence-corrected chi connectivity index (χ4v) is 3.39. The zero-order chi connectivity index (χ0) is 16.3. The van der Waals surface area contributed by atoms with E-state index >= 15 is 0 Å². The quantitative estimate of drug-likeness (QED) is 0.899. The summed E-state index contributed by atoms with van der Waals surface area (Å²) in [5.41, 5.74) is 7.07. The first-order valence-corrected chi connectivity index (χ1v) is 7.88. The van der Waals surface area contributed by atoms with E-state index in [1.54, 1.807) is 14.2 Å². The van der Waals surface area contributed by atoms with Crippen molar-refractivity contribution in [3.8, 4) is 11.5 Å². The Bertz CT molecular complexity index is 502. The highest BCUT2D eigenvalue weighted by molar-refractivity contribution is 6.32. The predicted molar refractivity (Wildman–Crippen MR) is 87.9 cm³/mol. The topological polar surface area (TPSA) is 57.0 Å². The van der Waals surface area contributed by atoms with Gasteiger partial charge in [0.2, 0.25) is 0 Å². The van der Waals surface area contributed by atoms with Gasteiger partial charge in [0.25, 0.3) is 0 Å². The van der Waals surface area contributed by atoms with Crippen LogP contribution in [0.2, 0.25) is 5.02 Å². The lowest BCUT2D eigenvalue weighted by atomic mass is 10.0. The smallest absolute Gasteiger partial charge is 0.179 e. The molecule has 1 saturated heterocycles. The van der Waals surface area contributed by atoms with Crippen molar-refractivity contribution in [2.45, 2.75) is 32.1 Å². The Labute approximate surface area is 137 Å². The molecule has 0 aromatic heterocycles. The third kappa shape index (κ3) is 3.66. The van der Waals surface area contributed by atoms with Crippen LogP contribution in [-0.2, 0) is 4.74 Å². The number of rotatable bonds is 5. The molecule has 0 radical (unpaired) electrons. The molecular weight excluding hydrogens is 304 g/mol. The minimum atomic E-state index is 0.0751. The van der Waals surface area contributed by atoms with E-state index in [-0.39, 0.29) is 18.2 Å². The van der Waals surface area contributed by atoms with E-state index in [1.807, 2.05) is 12.1 Å². The summed E-state index contributed by atoms with van der Waals surface area (Å²) in [5.74, 6) is 1.17. The Morgan fingerprint density at radius 2 is 1.91 bits per heavy atom. The molecule has 124 valence electrons. The summed E-state index contributed by atoms with van der Waals surface area (Å²) in [4.78, 5) is 2.34. The molecule has 1 fully saturated rings. The SMILES string of the molecule is COc1cc(C(CN)N2CC(C)OC(C)C2)cc(Cl)c1OC. The van der Waals surface area contributed by atoms with E-state index in [0.29, 0.717) is 23.1 Å². The Balaban J connectivity index is 2.32. The summed E-state index contributed by atoms with van der Waals surface area (Å²) in [6, 6.07) is 3.93. The second kappa shape index (κ2) is 7.51. The van der Waals surface area contributed by atoms with Gasteiger partial charge in [-0.3, -0.25) is 4.90 Å². The maximum absolute atomic E-state index is 6.32. The van der Waals surface area contributed by atoms with Gasteiger partial charge in [-0.05, 0) is 31.5 Å². The van der Waals surface area contributed by atoms with Crippen LogP contribution in [0.4, 0.5) is 0 Å². The average Bonchev–Trinajstić information content (AvgIpc) is 2.46. The average molecular weight is 329 g/mol. The van der Waals surface area contributed by atoms with Crippen LogP contribution in [0.5, 0.6) is 11.5 Å². The molecule has 0 bridgehead atoms. The lowest BCUT2D eigenvalue weighted by molar-refractivity contribution is -0.0799. The van der Waals surface area contributed by atoms with Crippen LogP contribution < -0.4 is 15.2 Å². The number of hydrogen-bond donors (Lipinski definition) is 1. The van der Waals surface area contributed by atoms with E-state index in [0.717, 1.165) is 18.7 Å². The van der Waals surface area contributed by atoms with Crippen molar-refractivity contribution < 1.29 is 14.2 Å². The van der Waals surface area contributed by atoms with Crippen molar-refractivity contribution in [3.63, 3.8) is 0 Å². The Hall–Kier alpha value is -1.01. The number of morpholine rings is 1. The van der Waals surface area contributed by atoms with E-state index in [4.69, 9.17) is 31.5 Å². The van der Waals surface area contributed by atoms with Crippen molar-refractivity contribution >= 4 is 11.6 Å². The van der Waals surface area contributed by atoms with Gasteiger partial charge in [0.15, 0.2) is 11.5 Å². The van der Waals surface area contributed by atoms with Crippen molar-refractivity contribution in [2.24, 2.45) is 5.73 Å². The molecule has 6 heteroatoms. The third-order valence-corrected chi connectivity index (χ3v) is 4.23. The summed E-state index contributed by atoms with van der Waals surface area (Å²) in [5, 5.41) is 0.532.